The van der Waals surface area contributed by atoms with Crippen LogP contribution in [0.25, 0.3) is 38.8 Å². The van der Waals surface area contributed by atoms with E-state index in [9.17, 15) is 0 Å². The first-order valence-corrected chi connectivity index (χ1v) is 10.5. The van der Waals surface area contributed by atoms with E-state index >= 15 is 0 Å². The predicted octanol–water partition coefficient (Wildman–Crippen LogP) is 3.03. The smallest absolute Gasteiger partial charge is 0.138 e. The van der Waals surface area contributed by atoms with Gasteiger partial charge in [0.05, 0.1) is 29.8 Å². The Bertz CT molecular complexity index is 1380. The number of nitrogens with one attached hydrogen (secondary N) is 1. The van der Waals surface area contributed by atoms with Crippen LogP contribution in [0.3, 0.4) is 0 Å². The Kier molecular flexibility index (Phi) is 4.07. The molecule has 8 nitrogen and oxygen atoms in total. The molecule has 156 valence electrons. The molecule has 1 N–H and O–H groups in total. The molecule has 5 aromatic heterocycles. The molecule has 8 heteroatoms. The quantitative estimate of drug-likeness (QED) is 0.493. The zero-order chi connectivity index (χ0) is 20.9. The second-order valence-electron chi connectivity index (χ2n) is 8.29. The molecule has 0 atom stereocenters. The average molecular weight is 413 g/mol. The minimum absolute atomic E-state index is 0.911. The molecule has 0 aliphatic carbocycles. The summed E-state index contributed by atoms with van der Waals surface area (Å²) in [5.41, 5.74) is 7.58. The van der Waals surface area contributed by atoms with Gasteiger partial charge in [0, 0.05) is 73.9 Å². The Labute approximate surface area is 179 Å². The van der Waals surface area contributed by atoms with Gasteiger partial charge in [-0.15, -0.1) is 0 Å². The van der Waals surface area contributed by atoms with Crippen molar-refractivity contribution >= 4 is 22.2 Å². The van der Waals surface area contributed by atoms with E-state index < -0.39 is 0 Å². The largest absolute Gasteiger partial charge is 0.368 e. The van der Waals surface area contributed by atoms with Crippen LogP contribution in [-0.4, -0.2) is 67.5 Å². The average Bonchev–Trinajstić information content (AvgIpc) is 3.51. The van der Waals surface area contributed by atoms with Gasteiger partial charge in [0.1, 0.15) is 5.65 Å². The normalized spacial score (nSPS) is 15.4. The van der Waals surface area contributed by atoms with Gasteiger partial charge in [0.15, 0.2) is 0 Å². The van der Waals surface area contributed by atoms with E-state index in [0.29, 0.717) is 0 Å². The van der Waals surface area contributed by atoms with Crippen molar-refractivity contribution in [2.75, 3.05) is 38.1 Å². The topological polar surface area (TPSA) is 70.3 Å². The number of aromatic amines is 1. The van der Waals surface area contributed by atoms with Crippen molar-refractivity contribution in [3.63, 3.8) is 0 Å². The molecule has 5 aromatic rings. The van der Waals surface area contributed by atoms with Gasteiger partial charge < -0.3 is 14.8 Å². The highest BCUT2D eigenvalue weighted by Gasteiger charge is 2.17. The number of hydrogen-bond acceptors (Lipinski definition) is 5. The van der Waals surface area contributed by atoms with Crippen LogP contribution in [-0.2, 0) is 7.05 Å². The van der Waals surface area contributed by atoms with Crippen LogP contribution in [0.15, 0.2) is 55.4 Å². The van der Waals surface area contributed by atoms with Crippen molar-refractivity contribution in [3.8, 4) is 22.3 Å². The van der Waals surface area contributed by atoms with Gasteiger partial charge in [-0.05, 0) is 30.8 Å². The van der Waals surface area contributed by atoms with Crippen LogP contribution >= 0.6 is 0 Å². The predicted molar refractivity (Wildman–Crippen MR) is 122 cm³/mol. The number of pyridine rings is 2. The second-order valence-corrected chi connectivity index (χ2v) is 8.29. The number of anilines is 1. The van der Waals surface area contributed by atoms with Gasteiger partial charge >= 0.3 is 0 Å². The lowest BCUT2D eigenvalue weighted by Crippen LogP contribution is -2.44. The number of nitrogens with zero attached hydrogens (tertiary/aromatic N) is 7. The van der Waals surface area contributed by atoms with Crippen molar-refractivity contribution in [2.45, 2.75) is 0 Å². The Morgan fingerprint density at radius 3 is 2.58 bits per heavy atom. The van der Waals surface area contributed by atoms with Crippen LogP contribution in [0.4, 0.5) is 5.69 Å². The molecular formula is C23H24N8. The number of hydrogen-bond donors (Lipinski definition) is 1. The molecule has 6 heterocycles. The fourth-order valence-electron chi connectivity index (χ4n) is 4.40. The maximum absolute atomic E-state index is 4.70. The standard InChI is InChI=1S/C23H24N8/c1-28-5-7-30(8-6-28)18-10-19-20(13-25-23(19)24-12-18)16-3-4-31-22(9-16)21(14-27-31)17-11-26-29(2)15-17/h3-4,9-15H,5-8H2,1-2H3,(H,24,25). The number of rotatable bonds is 3. The summed E-state index contributed by atoms with van der Waals surface area (Å²) in [6.07, 6.45) is 11.8. The third-order valence-electron chi connectivity index (χ3n) is 6.23. The first-order valence-electron chi connectivity index (χ1n) is 10.5. The zero-order valence-corrected chi connectivity index (χ0v) is 17.7. The van der Waals surface area contributed by atoms with E-state index in [1.54, 1.807) is 0 Å². The van der Waals surface area contributed by atoms with Crippen LogP contribution in [0, 0.1) is 0 Å². The fourth-order valence-corrected chi connectivity index (χ4v) is 4.40. The lowest BCUT2D eigenvalue weighted by molar-refractivity contribution is 0.313. The summed E-state index contributed by atoms with van der Waals surface area (Å²) in [5.74, 6) is 0. The minimum Gasteiger partial charge on any atom is -0.368 e. The summed E-state index contributed by atoms with van der Waals surface area (Å²) in [5, 5.41) is 9.97. The first kappa shape index (κ1) is 18.1. The minimum atomic E-state index is 0.911. The third-order valence-corrected chi connectivity index (χ3v) is 6.23. The van der Waals surface area contributed by atoms with E-state index in [0.717, 1.165) is 65.0 Å². The van der Waals surface area contributed by atoms with Crippen molar-refractivity contribution in [1.82, 2.24) is 34.3 Å². The number of likely N-dealkylation sites (N-methyl/N-ethyl adjacent to an activating group) is 1. The summed E-state index contributed by atoms with van der Waals surface area (Å²) in [4.78, 5) is 12.8. The molecule has 0 amide bonds. The van der Waals surface area contributed by atoms with Crippen molar-refractivity contribution in [2.24, 2.45) is 7.05 Å². The lowest BCUT2D eigenvalue weighted by atomic mass is 10.0. The number of piperazine rings is 1. The molecule has 0 bridgehead atoms. The van der Waals surface area contributed by atoms with Crippen LogP contribution in [0.1, 0.15) is 0 Å². The van der Waals surface area contributed by atoms with Crippen LogP contribution in [0.2, 0.25) is 0 Å². The molecule has 0 unspecified atom stereocenters. The molecule has 0 saturated carbocycles. The van der Waals surface area contributed by atoms with E-state index in [2.05, 4.69) is 56.4 Å². The number of aryl methyl sites for hydroxylation is 1. The van der Waals surface area contributed by atoms with Crippen molar-refractivity contribution in [1.29, 1.82) is 0 Å². The van der Waals surface area contributed by atoms with Crippen molar-refractivity contribution < 1.29 is 0 Å². The maximum Gasteiger partial charge on any atom is 0.138 e. The van der Waals surface area contributed by atoms with E-state index in [-0.39, 0.29) is 0 Å². The second kappa shape index (κ2) is 6.95. The zero-order valence-electron chi connectivity index (χ0n) is 17.7. The number of fused-ring (bicyclic) bond motifs is 2. The van der Waals surface area contributed by atoms with Gasteiger partial charge in [0.25, 0.3) is 0 Å². The lowest BCUT2D eigenvalue weighted by Gasteiger charge is -2.33. The van der Waals surface area contributed by atoms with Gasteiger partial charge in [-0.25, -0.2) is 9.50 Å². The summed E-state index contributed by atoms with van der Waals surface area (Å²) < 4.78 is 3.72. The Morgan fingerprint density at radius 1 is 0.903 bits per heavy atom. The van der Waals surface area contributed by atoms with Gasteiger partial charge in [-0.3, -0.25) is 4.68 Å². The molecule has 0 spiro atoms. The van der Waals surface area contributed by atoms with Gasteiger partial charge in [0.2, 0.25) is 0 Å². The summed E-state index contributed by atoms with van der Waals surface area (Å²) in [6.45, 7) is 4.21. The van der Waals surface area contributed by atoms with Crippen molar-refractivity contribution in [3.05, 3.63) is 55.4 Å². The van der Waals surface area contributed by atoms with Crippen LogP contribution in [0.5, 0.6) is 0 Å². The van der Waals surface area contributed by atoms with Gasteiger partial charge in [-0.1, -0.05) is 0 Å². The molecule has 0 aromatic carbocycles. The monoisotopic (exact) mass is 412 g/mol. The fraction of sp³-hybridized carbons (Fsp3) is 0.261. The molecule has 1 fully saturated rings. The highest BCUT2D eigenvalue weighted by Crippen LogP contribution is 2.33. The highest BCUT2D eigenvalue weighted by molar-refractivity contribution is 5.96. The maximum atomic E-state index is 4.70. The van der Waals surface area contributed by atoms with Gasteiger partial charge in [-0.2, -0.15) is 10.2 Å². The summed E-state index contributed by atoms with van der Waals surface area (Å²) >= 11 is 0. The van der Waals surface area contributed by atoms with E-state index in [1.165, 1.54) is 5.69 Å². The molecule has 1 saturated heterocycles. The molecule has 1 aliphatic rings. The van der Waals surface area contributed by atoms with E-state index in [1.807, 2.05) is 47.2 Å². The van der Waals surface area contributed by atoms with E-state index in [4.69, 9.17) is 4.98 Å². The molecule has 6 rings (SSSR count). The summed E-state index contributed by atoms with van der Waals surface area (Å²) in [6, 6.07) is 6.57. The first-order chi connectivity index (χ1) is 15.2. The number of aromatic nitrogens is 6. The Balaban J connectivity index is 1.43. The third kappa shape index (κ3) is 3.07. The molecule has 31 heavy (non-hydrogen) atoms. The Hall–Kier alpha value is -3.65. The highest BCUT2D eigenvalue weighted by atomic mass is 15.3. The molecule has 0 radical (unpaired) electrons. The molecular weight excluding hydrogens is 388 g/mol. The number of H-pyrrole nitrogens is 1. The summed E-state index contributed by atoms with van der Waals surface area (Å²) in [7, 11) is 4.10. The SMILES string of the molecule is CN1CCN(c2cnc3[nH]cc(-c4ccn5ncc(-c6cnn(C)c6)c5c4)c3c2)CC1. The molecule has 1 aliphatic heterocycles. The Morgan fingerprint density at radius 2 is 1.77 bits per heavy atom. The van der Waals surface area contributed by atoms with Crippen LogP contribution < -0.4 is 4.90 Å².